The summed E-state index contributed by atoms with van der Waals surface area (Å²) in [4.78, 5) is 21.0. The maximum absolute atomic E-state index is 12.5. The number of hydrogen-bond donors (Lipinski definition) is 1. The number of sulfonamides is 1. The van der Waals surface area contributed by atoms with Gasteiger partial charge in [0.2, 0.25) is 0 Å². The van der Waals surface area contributed by atoms with Gasteiger partial charge in [0.25, 0.3) is 10.0 Å². The van der Waals surface area contributed by atoms with Crippen molar-refractivity contribution in [2.45, 2.75) is 11.8 Å². The SMILES string of the molecule is COc1ncc(NS(=O)(=O)c2ccc(C(C)=O)cc2)c(N(C)C)n1. The zero-order valence-corrected chi connectivity index (χ0v) is 14.6. The number of nitrogens with one attached hydrogen (secondary N) is 1. The van der Waals surface area contributed by atoms with Gasteiger partial charge in [-0.3, -0.25) is 9.52 Å². The Morgan fingerprint density at radius 2 is 1.83 bits per heavy atom. The van der Waals surface area contributed by atoms with Crippen molar-refractivity contribution < 1.29 is 17.9 Å². The van der Waals surface area contributed by atoms with Crippen molar-refractivity contribution >= 4 is 27.3 Å². The number of carbonyl (C=O) groups excluding carboxylic acids is 1. The Morgan fingerprint density at radius 3 is 2.33 bits per heavy atom. The number of rotatable bonds is 6. The Hall–Kier alpha value is -2.68. The molecule has 0 amide bonds. The van der Waals surface area contributed by atoms with Crippen molar-refractivity contribution in [3.63, 3.8) is 0 Å². The molecular formula is C15H18N4O4S. The van der Waals surface area contributed by atoms with E-state index in [1.165, 1.54) is 44.5 Å². The minimum absolute atomic E-state index is 0.0352. The predicted molar refractivity (Wildman–Crippen MR) is 90.2 cm³/mol. The van der Waals surface area contributed by atoms with E-state index in [1.54, 1.807) is 19.0 Å². The fourth-order valence-electron chi connectivity index (χ4n) is 1.94. The third-order valence-electron chi connectivity index (χ3n) is 3.17. The molecule has 1 aromatic heterocycles. The van der Waals surface area contributed by atoms with Gasteiger partial charge in [0.05, 0.1) is 18.2 Å². The van der Waals surface area contributed by atoms with Gasteiger partial charge in [-0.25, -0.2) is 13.4 Å². The van der Waals surface area contributed by atoms with Crippen molar-refractivity contribution in [1.82, 2.24) is 9.97 Å². The average Bonchev–Trinajstić information content (AvgIpc) is 2.54. The molecule has 128 valence electrons. The Labute approximate surface area is 140 Å². The van der Waals surface area contributed by atoms with Gasteiger partial charge in [-0.2, -0.15) is 4.98 Å². The van der Waals surface area contributed by atoms with Gasteiger partial charge in [0.15, 0.2) is 11.6 Å². The molecule has 1 N–H and O–H groups in total. The number of aromatic nitrogens is 2. The van der Waals surface area contributed by atoms with Gasteiger partial charge in [-0.15, -0.1) is 0 Å². The molecule has 0 aliphatic rings. The first-order chi connectivity index (χ1) is 11.2. The molecule has 0 spiro atoms. The number of Topliss-reactive ketones (excluding diaryl/α,β-unsaturated/α-hetero) is 1. The Bertz CT molecular complexity index is 848. The highest BCUT2D eigenvalue weighted by Gasteiger charge is 2.19. The lowest BCUT2D eigenvalue weighted by molar-refractivity contribution is 0.101. The third-order valence-corrected chi connectivity index (χ3v) is 4.55. The molecule has 0 radical (unpaired) electrons. The molecule has 0 saturated carbocycles. The van der Waals surface area contributed by atoms with Gasteiger partial charge < -0.3 is 9.64 Å². The van der Waals surface area contributed by atoms with Crippen LogP contribution in [0, 0.1) is 0 Å². The van der Waals surface area contributed by atoms with Crippen LogP contribution in [0.5, 0.6) is 6.01 Å². The van der Waals surface area contributed by atoms with Gasteiger partial charge in [-0.05, 0) is 19.1 Å². The second-order valence-corrected chi connectivity index (χ2v) is 6.86. The normalized spacial score (nSPS) is 11.0. The van der Waals surface area contributed by atoms with Crippen LogP contribution in [0.4, 0.5) is 11.5 Å². The average molecular weight is 350 g/mol. The van der Waals surface area contributed by atoms with Crippen LogP contribution in [0.25, 0.3) is 0 Å². The largest absolute Gasteiger partial charge is 0.467 e. The van der Waals surface area contributed by atoms with Crippen molar-refractivity contribution in [2.24, 2.45) is 0 Å². The number of ketones is 1. The zero-order valence-electron chi connectivity index (χ0n) is 13.8. The van der Waals surface area contributed by atoms with E-state index in [0.29, 0.717) is 11.4 Å². The molecule has 1 aromatic carbocycles. The monoisotopic (exact) mass is 350 g/mol. The Morgan fingerprint density at radius 1 is 1.21 bits per heavy atom. The second kappa shape index (κ2) is 6.83. The third kappa shape index (κ3) is 3.80. The van der Waals surface area contributed by atoms with Gasteiger partial charge in [0, 0.05) is 19.7 Å². The zero-order chi connectivity index (χ0) is 17.9. The Balaban J connectivity index is 2.37. The minimum Gasteiger partial charge on any atom is -0.467 e. The first-order valence-corrected chi connectivity index (χ1v) is 8.45. The predicted octanol–water partition coefficient (Wildman–Crippen LogP) is 1.55. The second-order valence-electron chi connectivity index (χ2n) is 5.17. The molecule has 8 nitrogen and oxygen atoms in total. The van der Waals surface area contributed by atoms with Crippen LogP contribution in [0.3, 0.4) is 0 Å². The molecule has 0 fully saturated rings. The van der Waals surface area contributed by atoms with E-state index in [0.717, 1.165) is 0 Å². The molecule has 0 bridgehead atoms. The number of nitrogens with zero attached hydrogens (tertiary/aromatic N) is 3. The number of anilines is 2. The van der Waals surface area contributed by atoms with Gasteiger partial charge in [0.1, 0.15) is 5.69 Å². The molecule has 2 aromatic rings. The summed E-state index contributed by atoms with van der Waals surface area (Å²) in [5.74, 6) is 0.233. The summed E-state index contributed by atoms with van der Waals surface area (Å²) >= 11 is 0. The van der Waals surface area contributed by atoms with Crippen LogP contribution in [-0.2, 0) is 10.0 Å². The number of ether oxygens (including phenoxy) is 1. The summed E-state index contributed by atoms with van der Waals surface area (Å²) in [6.45, 7) is 1.42. The number of methoxy groups -OCH3 is 1. The van der Waals surface area contributed by atoms with Crippen LogP contribution in [0.2, 0.25) is 0 Å². The summed E-state index contributed by atoms with van der Waals surface area (Å²) in [5.41, 5.74) is 0.659. The lowest BCUT2D eigenvalue weighted by Crippen LogP contribution is -2.19. The highest BCUT2D eigenvalue weighted by atomic mass is 32.2. The van der Waals surface area contributed by atoms with Crippen molar-refractivity contribution in [3.05, 3.63) is 36.0 Å². The Kier molecular flexibility index (Phi) is 5.03. The van der Waals surface area contributed by atoms with Gasteiger partial charge >= 0.3 is 6.01 Å². The number of carbonyl (C=O) groups is 1. The highest BCUT2D eigenvalue weighted by molar-refractivity contribution is 7.92. The van der Waals surface area contributed by atoms with E-state index in [2.05, 4.69) is 14.7 Å². The fraction of sp³-hybridized carbons (Fsp3) is 0.267. The number of hydrogen-bond acceptors (Lipinski definition) is 7. The number of benzene rings is 1. The smallest absolute Gasteiger partial charge is 0.318 e. The van der Waals surface area contributed by atoms with Crippen LogP contribution >= 0.6 is 0 Å². The maximum Gasteiger partial charge on any atom is 0.318 e. The van der Waals surface area contributed by atoms with E-state index in [4.69, 9.17) is 4.74 Å². The lowest BCUT2D eigenvalue weighted by atomic mass is 10.2. The summed E-state index contributed by atoms with van der Waals surface area (Å²) < 4.78 is 32.4. The standard InChI is InChI=1S/C15H18N4O4S/c1-10(20)11-5-7-12(8-6-11)24(21,22)18-13-9-16-15(23-4)17-14(13)19(2)3/h5-9,18H,1-4H3. The fourth-order valence-corrected chi connectivity index (χ4v) is 2.99. The summed E-state index contributed by atoms with van der Waals surface area (Å²) in [6, 6.07) is 5.81. The topological polar surface area (TPSA) is 101 Å². The first kappa shape index (κ1) is 17.7. The van der Waals surface area contributed by atoms with E-state index in [-0.39, 0.29) is 22.4 Å². The van der Waals surface area contributed by atoms with E-state index in [9.17, 15) is 13.2 Å². The first-order valence-electron chi connectivity index (χ1n) is 6.97. The molecule has 2 rings (SSSR count). The molecule has 24 heavy (non-hydrogen) atoms. The molecule has 0 atom stereocenters. The van der Waals surface area contributed by atoms with Crippen LogP contribution < -0.4 is 14.4 Å². The molecule has 0 aliphatic heterocycles. The van der Waals surface area contributed by atoms with E-state index < -0.39 is 10.0 Å². The lowest BCUT2D eigenvalue weighted by Gasteiger charge is -2.17. The molecule has 0 saturated heterocycles. The van der Waals surface area contributed by atoms with Crippen LogP contribution in [-0.4, -0.2) is 45.4 Å². The van der Waals surface area contributed by atoms with Gasteiger partial charge in [-0.1, -0.05) is 12.1 Å². The van der Waals surface area contributed by atoms with Crippen LogP contribution in [0.1, 0.15) is 17.3 Å². The van der Waals surface area contributed by atoms with Crippen molar-refractivity contribution in [2.75, 3.05) is 30.8 Å². The van der Waals surface area contributed by atoms with Crippen LogP contribution in [0.15, 0.2) is 35.4 Å². The molecular weight excluding hydrogens is 332 g/mol. The molecule has 0 unspecified atom stereocenters. The molecule has 1 heterocycles. The van der Waals surface area contributed by atoms with E-state index in [1.807, 2.05) is 0 Å². The van der Waals surface area contributed by atoms with Crippen molar-refractivity contribution in [3.8, 4) is 6.01 Å². The van der Waals surface area contributed by atoms with Crippen molar-refractivity contribution in [1.29, 1.82) is 0 Å². The van der Waals surface area contributed by atoms with E-state index >= 15 is 0 Å². The minimum atomic E-state index is -3.84. The maximum atomic E-state index is 12.5. The molecule has 0 aliphatic carbocycles. The quantitative estimate of drug-likeness (QED) is 0.789. The molecule has 9 heteroatoms. The summed E-state index contributed by atoms with van der Waals surface area (Å²) in [7, 11) is 1.03. The summed E-state index contributed by atoms with van der Waals surface area (Å²) in [5, 5.41) is 0. The summed E-state index contributed by atoms with van der Waals surface area (Å²) in [6.07, 6.45) is 1.34. The highest BCUT2D eigenvalue weighted by Crippen LogP contribution is 2.25.